The van der Waals surface area contributed by atoms with E-state index in [1.165, 1.54) is 0 Å². The lowest BCUT2D eigenvalue weighted by Gasteiger charge is -2.29. The van der Waals surface area contributed by atoms with Gasteiger partial charge in [-0.2, -0.15) is 0 Å². The molecule has 0 aliphatic rings. The average molecular weight is 265 g/mol. The van der Waals surface area contributed by atoms with Crippen LogP contribution in [0.25, 0.3) is 0 Å². The maximum Gasteiger partial charge on any atom is 0.271 e. The minimum atomic E-state index is -0.207. The summed E-state index contributed by atoms with van der Waals surface area (Å²) in [6, 6.07) is 3.43. The second-order valence-electron chi connectivity index (χ2n) is 4.74. The first-order valence-corrected chi connectivity index (χ1v) is 6.65. The fourth-order valence-corrected chi connectivity index (χ4v) is 1.73. The van der Waals surface area contributed by atoms with E-state index in [1.807, 2.05) is 6.92 Å². The number of nitrogens with two attached hydrogens (primary N) is 1. The van der Waals surface area contributed by atoms with Crippen molar-refractivity contribution in [1.82, 2.24) is 15.5 Å². The van der Waals surface area contributed by atoms with E-state index in [0.717, 1.165) is 12.8 Å². The van der Waals surface area contributed by atoms with Crippen LogP contribution in [-0.2, 0) is 0 Å². The summed E-state index contributed by atoms with van der Waals surface area (Å²) in [7, 11) is 0. The molecule has 1 atom stereocenters. The third kappa shape index (κ3) is 4.48. The van der Waals surface area contributed by atoms with Gasteiger partial charge in [-0.15, -0.1) is 10.2 Å². The maximum atomic E-state index is 11.5. The van der Waals surface area contributed by atoms with Crippen LogP contribution >= 0.6 is 0 Å². The molecule has 0 aliphatic carbocycles. The predicted octanol–water partition coefficient (Wildman–Crippen LogP) is 1.16. The first kappa shape index (κ1) is 15.4. The minimum Gasteiger partial charge on any atom is -0.363 e. The van der Waals surface area contributed by atoms with Crippen LogP contribution in [-0.4, -0.2) is 34.7 Å². The lowest BCUT2D eigenvalue weighted by atomic mass is 9.94. The lowest BCUT2D eigenvalue weighted by molar-refractivity contribution is 0.0950. The van der Waals surface area contributed by atoms with E-state index < -0.39 is 0 Å². The van der Waals surface area contributed by atoms with Gasteiger partial charge in [0.2, 0.25) is 0 Å². The molecule has 1 rings (SSSR count). The van der Waals surface area contributed by atoms with Crippen molar-refractivity contribution in [2.24, 2.45) is 5.73 Å². The third-order valence-electron chi connectivity index (χ3n) is 3.14. The number of rotatable bonds is 7. The molecular formula is C13H23N5O. The zero-order valence-electron chi connectivity index (χ0n) is 11.9. The molecule has 0 radical (unpaired) electrons. The zero-order chi connectivity index (χ0) is 14.3. The van der Waals surface area contributed by atoms with Gasteiger partial charge in [0.1, 0.15) is 5.82 Å². The molecule has 6 heteroatoms. The Labute approximate surface area is 114 Å². The van der Waals surface area contributed by atoms with Gasteiger partial charge in [-0.05, 0) is 45.4 Å². The Morgan fingerprint density at radius 2 is 2.11 bits per heavy atom. The van der Waals surface area contributed by atoms with E-state index in [1.54, 1.807) is 12.1 Å². The summed E-state index contributed by atoms with van der Waals surface area (Å²) < 4.78 is 0. The Morgan fingerprint density at radius 1 is 1.37 bits per heavy atom. The molecule has 0 fully saturated rings. The fraction of sp³-hybridized carbons (Fsp3) is 0.615. The Bertz CT molecular complexity index is 406. The van der Waals surface area contributed by atoms with Crippen LogP contribution in [0.5, 0.6) is 0 Å². The summed E-state index contributed by atoms with van der Waals surface area (Å²) >= 11 is 0. The van der Waals surface area contributed by atoms with E-state index in [4.69, 9.17) is 5.73 Å². The molecule has 4 N–H and O–H groups in total. The largest absolute Gasteiger partial charge is 0.363 e. The molecular weight excluding hydrogens is 242 g/mol. The molecule has 0 bridgehead atoms. The Balaban J connectivity index is 2.73. The van der Waals surface area contributed by atoms with Crippen molar-refractivity contribution in [3.8, 4) is 0 Å². The standard InChI is InChI=1S/C13H23N5O/c1-4-13(3,8-9-14)16-11-7-6-10(17-18-11)12(19)15-5-2/h6-7H,4-5,8-9,14H2,1-3H3,(H,15,19)(H,16,18). The summed E-state index contributed by atoms with van der Waals surface area (Å²) in [6.45, 7) is 7.24. The Kier molecular flexibility index (Phi) is 5.69. The van der Waals surface area contributed by atoms with Crippen LogP contribution in [0.15, 0.2) is 12.1 Å². The molecule has 0 spiro atoms. The van der Waals surface area contributed by atoms with Crippen molar-refractivity contribution >= 4 is 11.7 Å². The van der Waals surface area contributed by atoms with E-state index in [9.17, 15) is 4.79 Å². The van der Waals surface area contributed by atoms with Crippen molar-refractivity contribution in [3.63, 3.8) is 0 Å². The summed E-state index contributed by atoms with van der Waals surface area (Å²) in [6.07, 6.45) is 1.78. The normalized spacial score (nSPS) is 13.7. The monoisotopic (exact) mass is 265 g/mol. The van der Waals surface area contributed by atoms with Gasteiger partial charge in [-0.25, -0.2) is 0 Å². The first-order chi connectivity index (χ1) is 9.04. The van der Waals surface area contributed by atoms with E-state index in [-0.39, 0.29) is 11.4 Å². The highest BCUT2D eigenvalue weighted by atomic mass is 16.1. The number of aromatic nitrogens is 2. The zero-order valence-corrected chi connectivity index (χ0v) is 11.9. The van der Waals surface area contributed by atoms with E-state index >= 15 is 0 Å². The molecule has 106 valence electrons. The van der Waals surface area contributed by atoms with Crippen LogP contribution in [0.4, 0.5) is 5.82 Å². The molecule has 0 aliphatic heterocycles. The topological polar surface area (TPSA) is 92.9 Å². The molecule has 1 unspecified atom stereocenters. The highest BCUT2D eigenvalue weighted by Gasteiger charge is 2.21. The van der Waals surface area contributed by atoms with Gasteiger partial charge in [-0.1, -0.05) is 6.92 Å². The average Bonchev–Trinajstić information content (AvgIpc) is 2.40. The molecule has 0 saturated carbocycles. The van der Waals surface area contributed by atoms with Gasteiger partial charge in [0.25, 0.3) is 5.91 Å². The molecule has 1 amide bonds. The van der Waals surface area contributed by atoms with Gasteiger partial charge in [0, 0.05) is 12.1 Å². The van der Waals surface area contributed by atoms with Crippen LogP contribution < -0.4 is 16.4 Å². The quantitative estimate of drug-likeness (QED) is 0.688. The number of carbonyl (C=O) groups is 1. The van der Waals surface area contributed by atoms with Crippen molar-refractivity contribution in [3.05, 3.63) is 17.8 Å². The molecule has 0 saturated heterocycles. The number of amides is 1. The fourth-order valence-electron chi connectivity index (χ4n) is 1.73. The second-order valence-corrected chi connectivity index (χ2v) is 4.74. The number of hydrogen-bond donors (Lipinski definition) is 3. The maximum absolute atomic E-state index is 11.5. The summed E-state index contributed by atoms with van der Waals surface area (Å²) in [5.41, 5.74) is 5.84. The highest BCUT2D eigenvalue weighted by molar-refractivity contribution is 5.92. The van der Waals surface area contributed by atoms with Crippen LogP contribution in [0.3, 0.4) is 0 Å². The van der Waals surface area contributed by atoms with Crippen molar-refractivity contribution in [2.45, 2.75) is 39.2 Å². The van der Waals surface area contributed by atoms with Crippen molar-refractivity contribution in [1.29, 1.82) is 0 Å². The summed E-state index contributed by atoms with van der Waals surface area (Å²) in [4.78, 5) is 11.5. The van der Waals surface area contributed by atoms with Crippen molar-refractivity contribution < 1.29 is 4.79 Å². The highest BCUT2D eigenvalue weighted by Crippen LogP contribution is 2.19. The smallest absolute Gasteiger partial charge is 0.271 e. The van der Waals surface area contributed by atoms with Crippen molar-refractivity contribution in [2.75, 3.05) is 18.4 Å². The van der Waals surface area contributed by atoms with Gasteiger partial charge < -0.3 is 16.4 Å². The molecule has 0 aromatic carbocycles. The lowest BCUT2D eigenvalue weighted by Crippen LogP contribution is -2.36. The second kappa shape index (κ2) is 7.04. The number of hydrogen-bond acceptors (Lipinski definition) is 5. The van der Waals surface area contributed by atoms with Crippen LogP contribution in [0.1, 0.15) is 44.1 Å². The number of nitrogens with zero attached hydrogens (tertiary/aromatic N) is 2. The van der Waals surface area contributed by atoms with Gasteiger partial charge >= 0.3 is 0 Å². The van der Waals surface area contributed by atoms with Gasteiger partial charge in [0.05, 0.1) is 0 Å². The predicted molar refractivity (Wildman–Crippen MR) is 76.0 cm³/mol. The summed E-state index contributed by atoms with van der Waals surface area (Å²) in [5.74, 6) is 0.451. The number of nitrogens with one attached hydrogen (secondary N) is 2. The molecule has 1 aromatic rings. The number of anilines is 1. The van der Waals surface area contributed by atoms with Gasteiger partial charge in [0.15, 0.2) is 5.69 Å². The van der Waals surface area contributed by atoms with E-state index in [2.05, 4.69) is 34.7 Å². The number of carbonyl (C=O) groups excluding carboxylic acids is 1. The molecule has 6 nitrogen and oxygen atoms in total. The summed E-state index contributed by atoms with van der Waals surface area (Å²) in [5, 5.41) is 14.0. The Morgan fingerprint density at radius 3 is 2.58 bits per heavy atom. The van der Waals surface area contributed by atoms with Crippen LogP contribution in [0.2, 0.25) is 0 Å². The van der Waals surface area contributed by atoms with Crippen LogP contribution in [0, 0.1) is 0 Å². The Hall–Kier alpha value is -1.69. The molecule has 1 heterocycles. The molecule has 19 heavy (non-hydrogen) atoms. The SMILES string of the molecule is CCNC(=O)c1ccc(NC(C)(CC)CCN)nn1. The minimum absolute atomic E-state index is 0.101. The molecule has 1 aromatic heterocycles. The van der Waals surface area contributed by atoms with E-state index in [0.29, 0.717) is 24.6 Å². The van der Waals surface area contributed by atoms with Gasteiger partial charge in [-0.3, -0.25) is 4.79 Å². The first-order valence-electron chi connectivity index (χ1n) is 6.65. The third-order valence-corrected chi connectivity index (χ3v) is 3.14.